The number of aliphatic hydroxyl groups is 2. The Morgan fingerprint density at radius 2 is 1.34 bits per heavy atom. The number of rotatable bonds is 17. The largest absolute Gasteiger partial charge is 0.508 e. The summed E-state index contributed by atoms with van der Waals surface area (Å²) in [6, 6.07) is -1.65. The molecule has 6 amide bonds. The highest BCUT2D eigenvalue weighted by molar-refractivity contribution is 7.80. The number of phenols is 1. The Kier molecular flexibility index (Phi) is 15.6. The Morgan fingerprint density at radius 3 is 1.84 bits per heavy atom. The van der Waals surface area contributed by atoms with Crippen molar-refractivity contribution in [1.29, 1.82) is 0 Å². The SMILES string of the molecule is CC(=O)NCC(=O)N[C@H](C(=O)N[C@@H](C)C(=O)N[C@@H](Cc1ccc(O)cc1)C(=O)N[C@@H](CO)C(=O)N[C@@H](CS)C(=O)O)[C@@H](C)O. The molecule has 1 aromatic carbocycles. The summed E-state index contributed by atoms with van der Waals surface area (Å²) in [6.45, 7) is 2.27. The van der Waals surface area contributed by atoms with Crippen LogP contribution in [0.5, 0.6) is 5.75 Å². The molecule has 0 heterocycles. The van der Waals surface area contributed by atoms with Crippen molar-refractivity contribution in [2.45, 2.75) is 63.5 Å². The number of carbonyl (C=O) groups is 7. The predicted octanol–water partition coefficient (Wildman–Crippen LogP) is -4.10. The van der Waals surface area contributed by atoms with E-state index in [0.717, 1.165) is 0 Å². The monoisotopic (exact) mass is 642 g/mol. The fraction of sp³-hybridized carbons (Fsp3) is 0.500. The van der Waals surface area contributed by atoms with E-state index in [1.54, 1.807) is 0 Å². The molecule has 1 rings (SSSR count). The van der Waals surface area contributed by atoms with E-state index in [2.05, 4.69) is 44.5 Å². The maximum atomic E-state index is 13.2. The average molecular weight is 643 g/mol. The molecule has 0 unspecified atom stereocenters. The van der Waals surface area contributed by atoms with Crippen LogP contribution in [0.25, 0.3) is 0 Å². The third kappa shape index (κ3) is 12.8. The van der Waals surface area contributed by atoms with Gasteiger partial charge in [-0.3, -0.25) is 28.8 Å². The molecule has 0 bridgehead atoms. The van der Waals surface area contributed by atoms with Crippen LogP contribution >= 0.6 is 12.6 Å². The number of phenolic OH excluding ortho intramolecular Hbond substituents is 1. The van der Waals surface area contributed by atoms with Crippen molar-refractivity contribution in [3.63, 3.8) is 0 Å². The number of benzene rings is 1. The maximum Gasteiger partial charge on any atom is 0.327 e. The van der Waals surface area contributed by atoms with Gasteiger partial charge in [0, 0.05) is 19.1 Å². The molecular weight excluding hydrogens is 604 g/mol. The molecule has 18 heteroatoms. The quantitative estimate of drug-likeness (QED) is 0.0727. The minimum absolute atomic E-state index is 0.0684. The predicted molar refractivity (Wildman–Crippen MR) is 156 cm³/mol. The minimum atomic E-state index is -1.60. The van der Waals surface area contributed by atoms with Crippen LogP contribution in [0.4, 0.5) is 0 Å². The summed E-state index contributed by atoms with van der Waals surface area (Å²) < 4.78 is 0. The molecule has 0 aliphatic heterocycles. The Bertz CT molecular complexity index is 1200. The molecule has 44 heavy (non-hydrogen) atoms. The lowest BCUT2D eigenvalue weighted by Gasteiger charge is -2.26. The fourth-order valence-electron chi connectivity index (χ4n) is 3.50. The molecule has 17 nitrogen and oxygen atoms in total. The second-order valence-corrected chi connectivity index (χ2v) is 10.0. The summed E-state index contributed by atoms with van der Waals surface area (Å²) in [5.74, 6) is -6.84. The van der Waals surface area contributed by atoms with Crippen LogP contribution in [0.15, 0.2) is 24.3 Å². The summed E-state index contributed by atoms with van der Waals surface area (Å²) >= 11 is 3.84. The molecule has 244 valence electrons. The molecule has 0 saturated heterocycles. The second kappa shape index (κ2) is 18.3. The zero-order chi connectivity index (χ0) is 33.6. The van der Waals surface area contributed by atoms with E-state index in [1.807, 2.05) is 0 Å². The van der Waals surface area contributed by atoms with E-state index in [-0.39, 0.29) is 17.9 Å². The number of nitrogens with one attached hydrogen (secondary N) is 6. The van der Waals surface area contributed by atoms with Gasteiger partial charge in [-0.25, -0.2) is 4.79 Å². The Labute approximate surface area is 257 Å². The standard InChI is InChI=1S/C26H38N6O11S/c1-12(28-25(41)21(13(2)34)32-20(37)9-27-14(3)35)22(38)29-17(8-15-4-6-16(36)7-5-15)23(39)30-18(10-33)24(40)31-19(11-44)26(42)43/h4-7,12-13,17-19,21,33-34,36,44H,8-11H2,1-3H3,(H,27,35)(H,28,41)(H,29,38)(H,30,39)(H,31,40)(H,32,37)(H,42,43)/t12-,13+,17-,18-,19-,21-/m0/s1. The lowest BCUT2D eigenvalue weighted by atomic mass is 10.0. The topological polar surface area (TPSA) is 273 Å². The molecule has 0 aliphatic rings. The molecule has 0 saturated carbocycles. The molecule has 0 radical (unpaired) electrons. The lowest BCUT2D eigenvalue weighted by Crippen LogP contribution is -2.60. The molecule has 0 aliphatic carbocycles. The first kappa shape index (κ1) is 37.6. The first-order valence-corrected chi connectivity index (χ1v) is 13.9. The van der Waals surface area contributed by atoms with Gasteiger partial charge in [-0.15, -0.1) is 0 Å². The number of thiol groups is 1. The fourth-order valence-corrected chi connectivity index (χ4v) is 3.75. The number of amides is 6. The van der Waals surface area contributed by atoms with Crippen LogP contribution in [0.3, 0.4) is 0 Å². The summed E-state index contributed by atoms with van der Waals surface area (Å²) in [5, 5.41) is 52.0. The zero-order valence-electron chi connectivity index (χ0n) is 24.2. The Morgan fingerprint density at radius 1 is 0.795 bits per heavy atom. The zero-order valence-corrected chi connectivity index (χ0v) is 25.1. The summed E-state index contributed by atoms with van der Waals surface area (Å²) in [7, 11) is 0. The third-order valence-corrected chi connectivity index (χ3v) is 6.32. The van der Waals surface area contributed by atoms with Crippen molar-refractivity contribution in [1.82, 2.24) is 31.9 Å². The van der Waals surface area contributed by atoms with E-state index >= 15 is 0 Å². The Hall–Kier alpha value is -4.42. The van der Waals surface area contributed by atoms with Gasteiger partial charge in [-0.1, -0.05) is 12.1 Å². The van der Waals surface area contributed by atoms with Crippen molar-refractivity contribution >= 4 is 54.0 Å². The van der Waals surface area contributed by atoms with Crippen molar-refractivity contribution in [2.24, 2.45) is 0 Å². The van der Waals surface area contributed by atoms with Gasteiger partial charge >= 0.3 is 5.97 Å². The molecule has 0 fully saturated rings. The van der Waals surface area contributed by atoms with Gasteiger partial charge in [0.25, 0.3) is 0 Å². The molecule has 0 aromatic heterocycles. The number of carboxylic acid groups (broad SMARTS) is 1. The highest BCUT2D eigenvalue weighted by atomic mass is 32.1. The van der Waals surface area contributed by atoms with E-state index in [4.69, 9.17) is 5.11 Å². The van der Waals surface area contributed by atoms with Crippen LogP contribution in [0.2, 0.25) is 0 Å². The number of carboxylic acids is 1. The number of hydrogen-bond donors (Lipinski definition) is 11. The van der Waals surface area contributed by atoms with Gasteiger partial charge < -0.3 is 52.3 Å². The van der Waals surface area contributed by atoms with Crippen molar-refractivity contribution in [2.75, 3.05) is 18.9 Å². The van der Waals surface area contributed by atoms with Gasteiger partial charge in [0.15, 0.2) is 0 Å². The van der Waals surface area contributed by atoms with E-state index in [1.165, 1.54) is 45.0 Å². The van der Waals surface area contributed by atoms with Crippen LogP contribution in [-0.4, -0.2) is 117 Å². The van der Waals surface area contributed by atoms with Gasteiger partial charge in [-0.2, -0.15) is 12.6 Å². The number of hydrogen-bond acceptors (Lipinski definition) is 11. The van der Waals surface area contributed by atoms with Crippen LogP contribution < -0.4 is 31.9 Å². The van der Waals surface area contributed by atoms with Crippen molar-refractivity contribution in [3.05, 3.63) is 29.8 Å². The van der Waals surface area contributed by atoms with Crippen LogP contribution in [0, 0.1) is 0 Å². The second-order valence-electron chi connectivity index (χ2n) is 9.68. The number of carbonyl (C=O) groups excluding carboxylic acids is 6. The first-order chi connectivity index (χ1) is 20.6. The highest BCUT2D eigenvalue weighted by Crippen LogP contribution is 2.12. The molecule has 0 spiro atoms. The normalized spacial score (nSPS) is 14.8. The number of aliphatic hydroxyl groups excluding tert-OH is 2. The third-order valence-electron chi connectivity index (χ3n) is 5.95. The van der Waals surface area contributed by atoms with E-state index in [0.29, 0.717) is 5.56 Å². The Balaban J connectivity index is 3.06. The van der Waals surface area contributed by atoms with E-state index in [9.17, 15) is 48.9 Å². The number of aromatic hydroxyl groups is 1. The van der Waals surface area contributed by atoms with Crippen molar-refractivity contribution < 1.29 is 54.0 Å². The van der Waals surface area contributed by atoms with Crippen LogP contribution in [0.1, 0.15) is 26.3 Å². The van der Waals surface area contributed by atoms with Gasteiger partial charge in [-0.05, 0) is 31.5 Å². The molecule has 10 N–H and O–H groups in total. The van der Waals surface area contributed by atoms with E-state index < -0.39 is 90.9 Å². The highest BCUT2D eigenvalue weighted by Gasteiger charge is 2.32. The minimum Gasteiger partial charge on any atom is -0.508 e. The number of aliphatic carboxylic acids is 1. The summed E-state index contributed by atoms with van der Waals surface area (Å²) in [5.41, 5.74) is 0.460. The van der Waals surface area contributed by atoms with Gasteiger partial charge in [0.1, 0.15) is 36.0 Å². The van der Waals surface area contributed by atoms with Gasteiger partial charge in [0.05, 0.1) is 19.3 Å². The van der Waals surface area contributed by atoms with Gasteiger partial charge in [0.2, 0.25) is 35.4 Å². The summed E-state index contributed by atoms with van der Waals surface area (Å²) in [6.07, 6.45) is -1.58. The molecule has 1 aromatic rings. The smallest absolute Gasteiger partial charge is 0.327 e. The average Bonchev–Trinajstić information content (AvgIpc) is 2.96. The molecule has 6 atom stereocenters. The van der Waals surface area contributed by atoms with Crippen molar-refractivity contribution in [3.8, 4) is 5.75 Å². The summed E-state index contributed by atoms with van der Waals surface area (Å²) in [4.78, 5) is 85.8. The lowest BCUT2D eigenvalue weighted by molar-refractivity contribution is -0.142. The van der Waals surface area contributed by atoms with Crippen LogP contribution in [-0.2, 0) is 40.0 Å². The molecular formula is C26H38N6O11S. The first-order valence-electron chi connectivity index (χ1n) is 13.2. The maximum absolute atomic E-state index is 13.2.